The molecule has 3 N–H and O–H groups in total. The summed E-state index contributed by atoms with van der Waals surface area (Å²) in [5.41, 5.74) is 3.06. The molecule has 3 aromatic rings. The number of methoxy groups -OCH3 is 1. The topological polar surface area (TPSA) is 106 Å². The van der Waals surface area contributed by atoms with E-state index in [1.165, 1.54) is 6.08 Å². The van der Waals surface area contributed by atoms with E-state index in [9.17, 15) is 9.59 Å². The molecule has 0 aliphatic rings. The number of nitrogens with one attached hydrogen (secondary N) is 2. The minimum atomic E-state index is -0.819. The molecule has 0 aromatic heterocycles. The van der Waals surface area contributed by atoms with Crippen molar-refractivity contribution in [2.24, 2.45) is 5.92 Å². The van der Waals surface area contributed by atoms with Gasteiger partial charge in [-0.15, -0.1) is 0 Å². The van der Waals surface area contributed by atoms with Crippen molar-refractivity contribution in [3.63, 3.8) is 0 Å². The van der Waals surface area contributed by atoms with E-state index in [4.69, 9.17) is 30.9 Å². The number of hydrogen-bond donors (Lipinski definition) is 3. The van der Waals surface area contributed by atoms with Gasteiger partial charge in [-0.2, -0.15) is 0 Å². The summed E-state index contributed by atoms with van der Waals surface area (Å²) in [4.78, 5) is 26.9. The van der Waals surface area contributed by atoms with Crippen LogP contribution < -0.4 is 15.4 Å². The van der Waals surface area contributed by atoms with Crippen LogP contribution in [-0.2, 0) is 31.9 Å². The van der Waals surface area contributed by atoms with Crippen LogP contribution in [0.5, 0.6) is 5.75 Å². The van der Waals surface area contributed by atoms with Crippen LogP contribution in [0.4, 0.5) is 0 Å². The zero-order chi connectivity index (χ0) is 38.7. The summed E-state index contributed by atoms with van der Waals surface area (Å²) < 4.78 is 17.3. The molecule has 288 valence electrons. The Balaban J connectivity index is 0.00000326. The van der Waals surface area contributed by atoms with Crippen LogP contribution in [0.15, 0.2) is 91.0 Å². The van der Waals surface area contributed by atoms with Gasteiger partial charge in [-0.05, 0) is 86.8 Å². The van der Waals surface area contributed by atoms with Gasteiger partial charge in [-0.3, -0.25) is 9.59 Å². The lowest BCUT2D eigenvalue weighted by atomic mass is 10.0. The second-order valence-corrected chi connectivity index (χ2v) is 13.1. The average molecular weight is 739 g/mol. The summed E-state index contributed by atoms with van der Waals surface area (Å²) in [6, 6.07) is 24.6. The van der Waals surface area contributed by atoms with E-state index in [1.807, 2.05) is 81.4 Å². The predicted octanol–water partition coefficient (Wildman–Crippen LogP) is 8.69. The number of rotatable bonds is 21. The first-order valence-electron chi connectivity index (χ1n) is 18.5. The maximum atomic E-state index is 13.9. The fraction of sp³-hybridized carbons (Fsp3) is 0.488. The molecule has 2 amide bonds. The number of aliphatic hydroxyl groups is 1. The van der Waals surface area contributed by atoms with E-state index in [-0.39, 0.29) is 36.5 Å². The Labute approximate surface area is 318 Å². The minimum Gasteiger partial charge on any atom is -0.495 e. The van der Waals surface area contributed by atoms with Crippen LogP contribution >= 0.6 is 11.6 Å². The van der Waals surface area contributed by atoms with Crippen LogP contribution in [0, 0.1) is 5.92 Å². The lowest BCUT2D eigenvalue weighted by molar-refractivity contribution is -0.127. The molecule has 52 heavy (non-hydrogen) atoms. The van der Waals surface area contributed by atoms with E-state index in [1.54, 1.807) is 19.2 Å². The number of allylic oxidation sites excluding steroid dienone is 1. The van der Waals surface area contributed by atoms with Gasteiger partial charge in [0.05, 0.1) is 24.3 Å². The van der Waals surface area contributed by atoms with Gasteiger partial charge in [0, 0.05) is 32.8 Å². The van der Waals surface area contributed by atoms with E-state index in [2.05, 4.69) is 43.5 Å². The van der Waals surface area contributed by atoms with Crippen molar-refractivity contribution in [3.05, 3.63) is 113 Å². The Kier molecular flexibility index (Phi) is 24.9. The molecular weight excluding hydrogens is 676 g/mol. The van der Waals surface area contributed by atoms with Gasteiger partial charge >= 0.3 is 0 Å². The predicted molar refractivity (Wildman–Crippen MR) is 214 cm³/mol. The molecule has 0 fully saturated rings. The van der Waals surface area contributed by atoms with Crippen LogP contribution in [0.1, 0.15) is 90.0 Å². The van der Waals surface area contributed by atoms with Gasteiger partial charge in [0.25, 0.3) is 0 Å². The Morgan fingerprint density at radius 3 is 2.10 bits per heavy atom. The third kappa shape index (κ3) is 19.2. The molecule has 0 aliphatic carbocycles. The summed E-state index contributed by atoms with van der Waals surface area (Å²) >= 11 is 6.40. The van der Waals surface area contributed by atoms with Crippen molar-refractivity contribution < 1.29 is 28.9 Å². The van der Waals surface area contributed by atoms with E-state index < -0.39 is 6.04 Å². The number of unbranched alkanes of at least 4 members (excludes halogenated alkanes) is 1. The Morgan fingerprint density at radius 2 is 1.48 bits per heavy atom. The largest absolute Gasteiger partial charge is 0.495 e. The SMILES string of the molecule is CC.CO.COc1ccc(C[C@@H](NC(=O)/C=C/CCCO[C@@H](C)c2ccccc2)C(=O)N[C@@H](CCO[C@H](C)CC(C)C)Cc2ccccc2)cc1Cl. The zero-order valence-corrected chi connectivity index (χ0v) is 33.3. The first-order chi connectivity index (χ1) is 25.1. The summed E-state index contributed by atoms with van der Waals surface area (Å²) in [5, 5.41) is 13.6. The summed E-state index contributed by atoms with van der Waals surface area (Å²) in [6.45, 7) is 13.6. The van der Waals surface area contributed by atoms with Gasteiger partial charge in [0.1, 0.15) is 11.8 Å². The Hall–Kier alpha value is -3.69. The average Bonchev–Trinajstić information content (AvgIpc) is 3.14. The highest BCUT2D eigenvalue weighted by atomic mass is 35.5. The molecule has 0 unspecified atom stereocenters. The first-order valence-corrected chi connectivity index (χ1v) is 18.9. The number of carbonyl (C=O) groups excluding carboxylic acids is 2. The fourth-order valence-electron chi connectivity index (χ4n) is 5.54. The van der Waals surface area contributed by atoms with E-state index in [0.717, 1.165) is 36.6 Å². The van der Waals surface area contributed by atoms with Crippen molar-refractivity contribution in [1.82, 2.24) is 10.6 Å². The highest BCUT2D eigenvalue weighted by molar-refractivity contribution is 6.32. The number of carbonyl (C=O) groups is 2. The lowest BCUT2D eigenvalue weighted by Gasteiger charge is -2.25. The molecule has 4 atom stereocenters. The Bertz CT molecular complexity index is 1400. The minimum absolute atomic E-state index is 0.00456. The van der Waals surface area contributed by atoms with Gasteiger partial charge < -0.3 is 30.0 Å². The number of amides is 2. The standard InChI is InChI=1S/C40H53ClN2O5.C2H6.CH4O/c1-29(2)25-30(3)47-24-22-35(26-32-15-9-6-10-16-32)42-40(45)37(28-33-20-21-38(46-5)36(41)27-33)43-39(44)19-13-8-14-23-48-31(4)34-17-11-7-12-18-34;2*1-2/h6-7,9-13,15-21,27,29-31,35,37H,8,14,22-26,28H2,1-5H3,(H,42,45)(H,43,44);1-2H3;2H,1H3/b19-13+;;/t30-,31+,35+,37-;;/m1../s1. The number of halogens is 1. The quantitative estimate of drug-likeness (QED) is 0.0746. The second kappa shape index (κ2) is 27.9. The summed E-state index contributed by atoms with van der Waals surface area (Å²) in [5.74, 6) is 0.494. The summed E-state index contributed by atoms with van der Waals surface area (Å²) in [6.07, 6.45) is 7.43. The molecule has 0 radical (unpaired) electrons. The van der Waals surface area contributed by atoms with Gasteiger partial charge in [0.2, 0.25) is 11.8 Å². The smallest absolute Gasteiger partial charge is 0.244 e. The molecule has 3 rings (SSSR count). The van der Waals surface area contributed by atoms with Crippen molar-refractivity contribution in [2.45, 2.75) is 104 Å². The highest BCUT2D eigenvalue weighted by Crippen LogP contribution is 2.25. The normalized spacial score (nSPS) is 13.1. The van der Waals surface area contributed by atoms with Crippen LogP contribution in [-0.4, -0.2) is 62.5 Å². The maximum absolute atomic E-state index is 13.9. The molecule has 8 nitrogen and oxygen atoms in total. The van der Waals surface area contributed by atoms with Crippen LogP contribution in [0.25, 0.3) is 0 Å². The number of benzene rings is 3. The Morgan fingerprint density at radius 1 is 0.827 bits per heavy atom. The molecule has 0 saturated carbocycles. The third-order valence-corrected chi connectivity index (χ3v) is 8.35. The molecular formula is C43H63ClN2O6. The van der Waals surface area contributed by atoms with E-state index in [0.29, 0.717) is 49.2 Å². The molecule has 0 bridgehead atoms. The van der Waals surface area contributed by atoms with Crippen molar-refractivity contribution in [2.75, 3.05) is 27.4 Å². The highest BCUT2D eigenvalue weighted by Gasteiger charge is 2.24. The van der Waals surface area contributed by atoms with Crippen LogP contribution in [0.3, 0.4) is 0 Å². The monoisotopic (exact) mass is 738 g/mol. The third-order valence-electron chi connectivity index (χ3n) is 8.05. The van der Waals surface area contributed by atoms with Crippen molar-refractivity contribution >= 4 is 23.4 Å². The molecule has 0 heterocycles. The number of ether oxygens (including phenoxy) is 3. The first kappa shape index (κ1) is 46.3. The lowest BCUT2D eigenvalue weighted by Crippen LogP contribution is -2.51. The molecule has 9 heteroatoms. The van der Waals surface area contributed by atoms with Gasteiger partial charge in [-0.25, -0.2) is 0 Å². The number of hydrogen-bond acceptors (Lipinski definition) is 6. The second-order valence-electron chi connectivity index (χ2n) is 12.7. The maximum Gasteiger partial charge on any atom is 0.244 e. The fourth-order valence-corrected chi connectivity index (χ4v) is 5.82. The molecule has 0 saturated heterocycles. The van der Waals surface area contributed by atoms with Crippen molar-refractivity contribution in [1.29, 1.82) is 0 Å². The molecule has 0 aliphatic heterocycles. The van der Waals surface area contributed by atoms with Gasteiger partial charge in [-0.1, -0.05) is 112 Å². The van der Waals surface area contributed by atoms with E-state index >= 15 is 0 Å². The molecule has 0 spiro atoms. The molecule has 3 aromatic carbocycles. The number of aliphatic hydroxyl groups excluding tert-OH is 1. The zero-order valence-electron chi connectivity index (χ0n) is 32.6. The van der Waals surface area contributed by atoms with Crippen molar-refractivity contribution in [3.8, 4) is 5.75 Å². The summed E-state index contributed by atoms with van der Waals surface area (Å²) in [7, 11) is 2.56. The van der Waals surface area contributed by atoms with Gasteiger partial charge in [0.15, 0.2) is 0 Å². The van der Waals surface area contributed by atoms with Crippen LogP contribution in [0.2, 0.25) is 5.02 Å².